The Kier molecular flexibility index (Phi) is 13.8. The van der Waals surface area contributed by atoms with Gasteiger partial charge in [-0.15, -0.1) is 0 Å². The maximum absolute atomic E-state index is 13.2. The van der Waals surface area contributed by atoms with E-state index < -0.39 is 60.1 Å². The van der Waals surface area contributed by atoms with E-state index in [1.165, 1.54) is 0 Å². The number of nitrogens with one attached hydrogen (secondary N) is 4. The van der Waals surface area contributed by atoms with E-state index in [1.807, 2.05) is 36.2 Å². The first-order valence-corrected chi connectivity index (χ1v) is 15.3. The second-order valence-electron chi connectivity index (χ2n) is 10.1. The molecule has 0 radical (unpaired) electrons. The van der Waals surface area contributed by atoms with Crippen molar-refractivity contribution in [1.82, 2.24) is 21.3 Å². The van der Waals surface area contributed by atoms with Gasteiger partial charge in [-0.1, -0.05) is 30.3 Å². The SMILES string of the molecule is C[Se]CC[C@H](NC(=O)CNC(=O)[C@@H](NC(=O)[C@H](Cc1ccccc1)NC(=O)OC(C)(C)C)C(C)C)C(=O)O. The summed E-state index contributed by atoms with van der Waals surface area (Å²) < 4.78 is 5.30. The van der Waals surface area contributed by atoms with Gasteiger partial charge in [0.25, 0.3) is 0 Å². The molecule has 0 heterocycles. The van der Waals surface area contributed by atoms with Gasteiger partial charge in [0, 0.05) is 6.42 Å². The van der Waals surface area contributed by atoms with E-state index in [0.29, 0.717) is 11.7 Å². The third-order valence-corrected chi connectivity index (χ3v) is 6.56. The molecule has 0 saturated carbocycles. The average Bonchev–Trinajstić information content (AvgIpc) is 2.82. The minimum atomic E-state index is -1.14. The molecule has 5 N–H and O–H groups in total. The van der Waals surface area contributed by atoms with Crippen LogP contribution in [0.5, 0.6) is 0 Å². The molecule has 4 amide bonds. The molecular formula is C26H40N4O7Se. The van der Waals surface area contributed by atoms with Crippen molar-refractivity contribution in [1.29, 1.82) is 0 Å². The van der Waals surface area contributed by atoms with Gasteiger partial charge in [0.1, 0.15) is 5.60 Å². The van der Waals surface area contributed by atoms with E-state index in [2.05, 4.69) is 21.3 Å². The van der Waals surface area contributed by atoms with Crippen LogP contribution in [-0.2, 0) is 30.3 Å². The van der Waals surface area contributed by atoms with Gasteiger partial charge in [0.15, 0.2) is 0 Å². The van der Waals surface area contributed by atoms with Crippen molar-refractivity contribution in [3.63, 3.8) is 0 Å². The fourth-order valence-electron chi connectivity index (χ4n) is 3.31. The molecule has 1 aromatic rings. The van der Waals surface area contributed by atoms with Crippen molar-refractivity contribution >= 4 is 44.7 Å². The van der Waals surface area contributed by atoms with Crippen LogP contribution >= 0.6 is 0 Å². The summed E-state index contributed by atoms with van der Waals surface area (Å²) in [5.74, 6) is -1.35. The minimum absolute atomic E-state index is 0.163. The molecule has 11 nitrogen and oxygen atoms in total. The molecular weight excluding hydrogens is 559 g/mol. The number of aliphatic carboxylic acids is 1. The molecule has 0 unspecified atom stereocenters. The fourth-order valence-corrected chi connectivity index (χ4v) is 4.30. The molecule has 0 bridgehead atoms. The number of hydrogen-bond donors (Lipinski definition) is 5. The summed E-state index contributed by atoms with van der Waals surface area (Å²) in [6.07, 6.45) is -0.298. The molecule has 38 heavy (non-hydrogen) atoms. The van der Waals surface area contributed by atoms with Crippen LogP contribution in [0.15, 0.2) is 30.3 Å². The molecule has 0 aliphatic rings. The summed E-state index contributed by atoms with van der Waals surface area (Å²) in [6.45, 7) is 8.13. The zero-order valence-electron chi connectivity index (χ0n) is 22.8. The van der Waals surface area contributed by atoms with Crippen molar-refractivity contribution in [2.24, 2.45) is 5.92 Å². The number of carbonyl (C=O) groups excluding carboxylic acids is 4. The molecule has 0 aliphatic carbocycles. The number of carbonyl (C=O) groups is 5. The van der Waals surface area contributed by atoms with E-state index in [1.54, 1.807) is 34.6 Å². The quantitative estimate of drug-likeness (QED) is 0.203. The molecule has 1 rings (SSSR count). The Morgan fingerprint density at radius 3 is 2.11 bits per heavy atom. The molecule has 0 aromatic heterocycles. The van der Waals surface area contributed by atoms with Crippen LogP contribution in [0.4, 0.5) is 4.79 Å². The topological polar surface area (TPSA) is 163 Å². The van der Waals surface area contributed by atoms with Gasteiger partial charge in [-0.05, 0) is 26.3 Å². The van der Waals surface area contributed by atoms with Gasteiger partial charge >= 0.3 is 147 Å². The van der Waals surface area contributed by atoms with Crippen LogP contribution in [-0.4, -0.2) is 80.1 Å². The first-order chi connectivity index (χ1) is 17.7. The molecule has 3 atom stereocenters. The molecule has 0 saturated heterocycles. The summed E-state index contributed by atoms with van der Waals surface area (Å²) in [6, 6.07) is 6.02. The summed E-state index contributed by atoms with van der Waals surface area (Å²) in [4.78, 5) is 62.1. The Bertz CT molecular complexity index is 951. The van der Waals surface area contributed by atoms with Gasteiger partial charge in [0.2, 0.25) is 0 Å². The number of alkyl carbamates (subject to hydrolysis) is 1. The van der Waals surface area contributed by atoms with Crippen LogP contribution in [0.1, 0.15) is 46.6 Å². The van der Waals surface area contributed by atoms with Gasteiger partial charge < -0.3 is 10.1 Å². The number of benzene rings is 1. The van der Waals surface area contributed by atoms with Gasteiger partial charge in [-0.3, -0.25) is 0 Å². The number of carboxylic acids is 1. The maximum atomic E-state index is 13.2. The predicted molar refractivity (Wildman–Crippen MR) is 144 cm³/mol. The monoisotopic (exact) mass is 600 g/mol. The van der Waals surface area contributed by atoms with Gasteiger partial charge in [-0.2, -0.15) is 0 Å². The Morgan fingerprint density at radius 1 is 0.947 bits per heavy atom. The van der Waals surface area contributed by atoms with E-state index in [4.69, 9.17) is 4.74 Å². The standard InChI is InChI=1S/C26H40N4O7Se/c1-16(2)21(23(33)27-15-20(31)28-18(24(34)35)12-13-38-6)30-22(32)19(14-17-10-8-7-9-11-17)29-25(36)37-26(3,4)5/h7-11,16,18-19,21H,12-15H2,1-6H3,(H,27,33)(H,28,31)(H,29,36)(H,30,32)(H,34,35)/t18-,19-,21-/m0/s1. The third kappa shape index (κ3) is 12.9. The zero-order chi connectivity index (χ0) is 28.9. The Labute approximate surface area is 230 Å². The van der Waals surface area contributed by atoms with Crippen LogP contribution in [0, 0.1) is 5.92 Å². The predicted octanol–water partition coefficient (Wildman–Crippen LogP) is 1.51. The number of carboxylic acid groups (broad SMARTS) is 1. The molecule has 212 valence electrons. The third-order valence-electron chi connectivity index (χ3n) is 5.20. The van der Waals surface area contributed by atoms with Crippen LogP contribution in [0.2, 0.25) is 11.1 Å². The van der Waals surface area contributed by atoms with Crippen LogP contribution in [0.25, 0.3) is 0 Å². The molecule has 1 aromatic carbocycles. The first-order valence-electron chi connectivity index (χ1n) is 12.4. The van der Waals surface area contributed by atoms with Crippen molar-refractivity contribution in [2.45, 2.75) is 82.3 Å². The average molecular weight is 600 g/mol. The van der Waals surface area contributed by atoms with E-state index >= 15 is 0 Å². The van der Waals surface area contributed by atoms with Crippen molar-refractivity contribution in [2.75, 3.05) is 6.54 Å². The normalized spacial score (nSPS) is 13.6. The molecule has 12 heteroatoms. The summed E-state index contributed by atoms with van der Waals surface area (Å²) in [7, 11) is 0. The fraction of sp³-hybridized carbons (Fsp3) is 0.577. The Hall–Kier alpha value is -3.11. The van der Waals surface area contributed by atoms with E-state index in [-0.39, 0.29) is 27.3 Å². The van der Waals surface area contributed by atoms with Crippen molar-refractivity contribution in [3.8, 4) is 0 Å². The Morgan fingerprint density at radius 2 is 1.58 bits per heavy atom. The number of amides is 4. The Balaban J connectivity index is 2.89. The number of hydrogen-bond acceptors (Lipinski definition) is 6. The van der Waals surface area contributed by atoms with Crippen LogP contribution < -0.4 is 21.3 Å². The van der Waals surface area contributed by atoms with Crippen molar-refractivity contribution < 1.29 is 33.8 Å². The van der Waals surface area contributed by atoms with E-state index in [9.17, 15) is 29.1 Å². The molecule has 0 fully saturated rings. The molecule has 0 spiro atoms. The number of rotatable bonds is 14. The van der Waals surface area contributed by atoms with Gasteiger partial charge in [-0.25, -0.2) is 4.79 Å². The second-order valence-corrected chi connectivity index (χ2v) is 12.1. The zero-order valence-corrected chi connectivity index (χ0v) is 24.5. The van der Waals surface area contributed by atoms with Crippen molar-refractivity contribution in [3.05, 3.63) is 35.9 Å². The van der Waals surface area contributed by atoms with Gasteiger partial charge in [0.05, 0.1) is 0 Å². The summed E-state index contributed by atoms with van der Waals surface area (Å²) in [5.41, 5.74) is 0.0266. The molecule has 0 aliphatic heterocycles. The summed E-state index contributed by atoms with van der Waals surface area (Å²) in [5, 5.41) is 20.1. The van der Waals surface area contributed by atoms with E-state index in [0.717, 1.165) is 5.56 Å². The van der Waals surface area contributed by atoms with Crippen LogP contribution in [0.3, 0.4) is 0 Å². The summed E-state index contributed by atoms with van der Waals surface area (Å²) >= 11 is 0.270. The first kappa shape index (κ1) is 32.9. The second kappa shape index (κ2) is 16.0. The number of ether oxygens (including phenoxy) is 1.